The predicted octanol–water partition coefficient (Wildman–Crippen LogP) is 5.10. The number of alkyl halides is 3. The van der Waals surface area contributed by atoms with E-state index in [0.29, 0.717) is 11.1 Å². The Morgan fingerprint density at radius 3 is 2.38 bits per heavy atom. The highest BCUT2D eigenvalue weighted by Crippen LogP contribution is 2.48. The Hall–Kier alpha value is -3.58. The summed E-state index contributed by atoms with van der Waals surface area (Å²) < 4.78 is 90.0. The maximum absolute atomic E-state index is 13.4. The van der Waals surface area contributed by atoms with Crippen LogP contribution in [0.2, 0.25) is 0 Å². The summed E-state index contributed by atoms with van der Waals surface area (Å²) in [4.78, 5) is 24.4. The van der Waals surface area contributed by atoms with Crippen molar-refractivity contribution >= 4 is 22.1 Å². The molecule has 1 aliphatic rings. The van der Waals surface area contributed by atoms with Crippen molar-refractivity contribution in [1.29, 1.82) is 0 Å². The zero-order valence-corrected chi connectivity index (χ0v) is 23.1. The zero-order valence-electron chi connectivity index (χ0n) is 22.3. The SMILES string of the molecule is COC(=O)CC/C(C)=C/Cc1c(OC)c(C)c2c(c1OS(=O)(=O)C(F)(F)F)C(=O)OC2COCc1ccccc1. The first kappa shape index (κ1) is 31.0. The summed E-state index contributed by atoms with van der Waals surface area (Å²) in [6, 6.07) is 9.11. The van der Waals surface area contributed by atoms with E-state index < -0.39 is 45.0 Å². The van der Waals surface area contributed by atoms with Crippen LogP contribution in [0.25, 0.3) is 0 Å². The zero-order chi connectivity index (χ0) is 29.7. The third-order valence-corrected chi connectivity index (χ3v) is 7.18. The second kappa shape index (κ2) is 12.7. The molecule has 0 saturated carbocycles. The molecular weight excluding hydrogens is 557 g/mol. The van der Waals surface area contributed by atoms with Gasteiger partial charge in [-0.2, -0.15) is 21.6 Å². The molecule has 0 fully saturated rings. The highest BCUT2D eigenvalue weighted by atomic mass is 32.2. The van der Waals surface area contributed by atoms with Crippen molar-refractivity contribution in [3.63, 3.8) is 0 Å². The van der Waals surface area contributed by atoms with E-state index in [2.05, 4.69) is 8.92 Å². The predicted molar refractivity (Wildman–Crippen MR) is 136 cm³/mol. The molecule has 2 aromatic rings. The van der Waals surface area contributed by atoms with Gasteiger partial charge < -0.3 is 23.1 Å². The number of carbonyl (C=O) groups excluding carboxylic acids is 2. The summed E-state index contributed by atoms with van der Waals surface area (Å²) >= 11 is 0. The molecule has 0 saturated heterocycles. The lowest BCUT2D eigenvalue weighted by Crippen LogP contribution is -2.29. The molecule has 2 aromatic carbocycles. The van der Waals surface area contributed by atoms with Crippen LogP contribution in [-0.4, -0.2) is 46.7 Å². The minimum absolute atomic E-state index is 0.0227. The molecular formula is C27H29F3O9S. The number of halogens is 3. The first-order valence-corrected chi connectivity index (χ1v) is 13.5. The van der Waals surface area contributed by atoms with Gasteiger partial charge in [0.25, 0.3) is 0 Å². The highest BCUT2D eigenvalue weighted by Gasteiger charge is 2.50. The topological polar surface area (TPSA) is 114 Å². The highest BCUT2D eigenvalue weighted by molar-refractivity contribution is 7.88. The van der Waals surface area contributed by atoms with Gasteiger partial charge in [0.15, 0.2) is 11.9 Å². The fourth-order valence-electron chi connectivity index (χ4n) is 4.23. The van der Waals surface area contributed by atoms with Gasteiger partial charge in [0.1, 0.15) is 11.3 Å². The monoisotopic (exact) mass is 586 g/mol. The van der Waals surface area contributed by atoms with Crippen molar-refractivity contribution < 1.29 is 54.3 Å². The smallest absolute Gasteiger partial charge is 0.496 e. The van der Waals surface area contributed by atoms with Crippen LogP contribution in [0, 0.1) is 6.92 Å². The number of methoxy groups -OCH3 is 2. The van der Waals surface area contributed by atoms with Crippen LogP contribution in [0.5, 0.6) is 11.5 Å². The first-order valence-electron chi connectivity index (χ1n) is 12.1. The molecule has 0 radical (unpaired) electrons. The van der Waals surface area contributed by atoms with E-state index in [0.717, 1.165) is 5.56 Å². The van der Waals surface area contributed by atoms with E-state index >= 15 is 0 Å². The van der Waals surface area contributed by atoms with Crippen molar-refractivity contribution in [3.05, 3.63) is 69.8 Å². The molecule has 0 N–H and O–H groups in total. The molecule has 218 valence electrons. The molecule has 9 nitrogen and oxygen atoms in total. The summed E-state index contributed by atoms with van der Waals surface area (Å²) in [5, 5.41) is 0. The Morgan fingerprint density at radius 1 is 1.10 bits per heavy atom. The number of fused-ring (bicyclic) bond motifs is 1. The maximum atomic E-state index is 13.4. The third-order valence-electron chi connectivity index (χ3n) is 6.23. The second-order valence-corrected chi connectivity index (χ2v) is 10.5. The van der Waals surface area contributed by atoms with Crippen molar-refractivity contribution in [2.45, 2.75) is 51.3 Å². The summed E-state index contributed by atoms with van der Waals surface area (Å²) in [5.74, 6) is -2.33. The molecule has 1 aliphatic heterocycles. The van der Waals surface area contributed by atoms with Gasteiger partial charge in [0.05, 0.1) is 27.4 Å². The number of carbonyl (C=O) groups is 2. The van der Waals surface area contributed by atoms with Crippen LogP contribution in [0.3, 0.4) is 0 Å². The largest absolute Gasteiger partial charge is 0.534 e. The molecule has 0 aliphatic carbocycles. The molecule has 0 amide bonds. The lowest BCUT2D eigenvalue weighted by Gasteiger charge is -2.21. The normalized spacial score (nSPS) is 15.4. The maximum Gasteiger partial charge on any atom is 0.534 e. The van der Waals surface area contributed by atoms with Crippen LogP contribution in [-0.2, 0) is 42.2 Å². The Morgan fingerprint density at radius 2 is 1.77 bits per heavy atom. The van der Waals surface area contributed by atoms with Crippen LogP contribution in [0.15, 0.2) is 42.0 Å². The average Bonchev–Trinajstić information content (AvgIpc) is 3.23. The number of hydrogen-bond donors (Lipinski definition) is 0. The van der Waals surface area contributed by atoms with E-state index in [9.17, 15) is 31.2 Å². The first-order chi connectivity index (χ1) is 18.8. The van der Waals surface area contributed by atoms with Gasteiger partial charge in [-0.15, -0.1) is 0 Å². The standard InChI is InChI=1S/C27H29F3O9S/c1-16(11-13-21(31)35-3)10-12-19-24(36-4)17(2)22-20(15-37-14-18-8-6-5-7-9-18)38-26(32)23(22)25(19)39-40(33,34)27(28,29)30/h5-10,20H,11-15H2,1-4H3/b16-10+. The number of cyclic esters (lactones) is 1. The van der Waals surface area contributed by atoms with Gasteiger partial charge in [-0.05, 0) is 37.8 Å². The van der Waals surface area contributed by atoms with Gasteiger partial charge >= 0.3 is 27.6 Å². The van der Waals surface area contributed by atoms with E-state index in [1.807, 2.05) is 30.3 Å². The van der Waals surface area contributed by atoms with Gasteiger partial charge in [0, 0.05) is 17.5 Å². The Balaban J connectivity index is 2.07. The fraction of sp³-hybridized carbons (Fsp3) is 0.407. The average molecular weight is 587 g/mol. The summed E-state index contributed by atoms with van der Waals surface area (Å²) in [7, 11) is -3.67. The van der Waals surface area contributed by atoms with Crippen molar-refractivity contribution in [1.82, 2.24) is 0 Å². The minimum atomic E-state index is -6.17. The molecule has 40 heavy (non-hydrogen) atoms. The number of rotatable bonds is 12. The van der Waals surface area contributed by atoms with Crippen LogP contribution < -0.4 is 8.92 Å². The molecule has 0 spiro atoms. The molecule has 0 bridgehead atoms. The number of hydrogen-bond acceptors (Lipinski definition) is 9. The van der Waals surface area contributed by atoms with Crippen LogP contribution in [0.1, 0.15) is 58.5 Å². The quantitative estimate of drug-likeness (QED) is 0.145. The molecule has 1 unspecified atom stereocenters. The molecule has 1 atom stereocenters. The van der Waals surface area contributed by atoms with E-state index in [1.54, 1.807) is 19.9 Å². The van der Waals surface area contributed by atoms with E-state index in [1.165, 1.54) is 14.2 Å². The van der Waals surface area contributed by atoms with Crippen molar-refractivity contribution in [2.75, 3.05) is 20.8 Å². The molecule has 13 heteroatoms. The minimum Gasteiger partial charge on any atom is -0.496 e. The number of esters is 2. The Labute approximate surface area is 229 Å². The van der Waals surface area contributed by atoms with Crippen LogP contribution in [0.4, 0.5) is 13.2 Å². The van der Waals surface area contributed by atoms with Gasteiger partial charge in [-0.3, -0.25) is 4.79 Å². The molecule has 1 heterocycles. The number of benzene rings is 2. The molecule has 0 aromatic heterocycles. The van der Waals surface area contributed by atoms with Gasteiger partial charge in [0.2, 0.25) is 0 Å². The van der Waals surface area contributed by atoms with Gasteiger partial charge in [-0.25, -0.2) is 4.79 Å². The fourth-order valence-corrected chi connectivity index (χ4v) is 4.73. The Kier molecular flexibility index (Phi) is 9.85. The third kappa shape index (κ3) is 6.94. The number of allylic oxidation sites excluding steroid dienone is 2. The van der Waals surface area contributed by atoms with E-state index in [-0.39, 0.29) is 49.4 Å². The number of ether oxygens (including phenoxy) is 4. The summed E-state index contributed by atoms with van der Waals surface area (Å²) in [5.41, 5.74) is -4.36. The van der Waals surface area contributed by atoms with Crippen LogP contribution >= 0.6 is 0 Å². The second-order valence-electron chi connectivity index (χ2n) is 8.96. The van der Waals surface area contributed by atoms with E-state index in [4.69, 9.17) is 14.2 Å². The lowest BCUT2D eigenvalue weighted by atomic mass is 9.92. The summed E-state index contributed by atoms with van der Waals surface area (Å²) in [6.45, 7) is 3.26. The molecule has 3 rings (SSSR count). The van der Waals surface area contributed by atoms with Gasteiger partial charge in [-0.1, -0.05) is 42.0 Å². The van der Waals surface area contributed by atoms with Crippen molar-refractivity contribution in [2.24, 2.45) is 0 Å². The summed E-state index contributed by atoms with van der Waals surface area (Å²) in [6.07, 6.45) is 0.680. The van der Waals surface area contributed by atoms with Crippen molar-refractivity contribution in [3.8, 4) is 11.5 Å². The Bertz CT molecular complexity index is 1380. The lowest BCUT2D eigenvalue weighted by molar-refractivity contribution is -0.140.